The molecule has 0 amide bonds. The monoisotopic (exact) mass is 397 g/mol. The molecule has 0 saturated carbocycles. The lowest BCUT2D eigenvalue weighted by atomic mass is 9.85. The number of nitrogens with one attached hydrogen (secondary N) is 2. The minimum absolute atomic E-state index is 0.455. The summed E-state index contributed by atoms with van der Waals surface area (Å²) in [6.45, 7) is 0. The van der Waals surface area contributed by atoms with E-state index in [1.54, 1.807) is 5.43 Å². The molecule has 0 radical (unpaired) electrons. The van der Waals surface area contributed by atoms with Gasteiger partial charge in [0, 0.05) is 38.3 Å². The van der Waals surface area contributed by atoms with E-state index in [2.05, 4.69) is 56.2 Å². The highest BCUT2D eigenvalue weighted by atomic mass is 127. The van der Waals surface area contributed by atoms with E-state index in [-0.39, 0.29) is 0 Å². The first kappa shape index (κ1) is 12.7. The molecule has 2 heterocycles. The maximum absolute atomic E-state index is 5.13. The van der Waals surface area contributed by atoms with Crippen LogP contribution in [-0.2, 0) is 12.8 Å². The van der Waals surface area contributed by atoms with Gasteiger partial charge in [-0.1, -0.05) is 5.10 Å². The number of aromatic amines is 1. The molecule has 4 N–H and O–H groups in total. The van der Waals surface area contributed by atoms with Crippen molar-refractivity contribution in [1.82, 2.24) is 10.3 Å². The zero-order valence-electron chi connectivity index (χ0n) is 10.7. The summed E-state index contributed by atoms with van der Waals surface area (Å²) >= 11 is 7.51. The van der Waals surface area contributed by atoms with Gasteiger partial charge in [0.05, 0.1) is 0 Å². The number of rotatable bonds is 1. The van der Waals surface area contributed by atoms with Crippen LogP contribution >= 0.6 is 34.8 Å². The molecule has 2 aliphatic rings. The normalized spacial score (nSPS) is 21.8. The van der Waals surface area contributed by atoms with Crippen molar-refractivity contribution in [2.75, 3.05) is 0 Å². The van der Waals surface area contributed by atoms with Gasteiger partial charge in [0.25, 0.3) is 5.11 Å². The van der Waals surface area contributed by atoms with E-state index in [4.69, 9.17) is 12.2 Å². The van der Waals surface area contributed by atoms with Crippen LogP contribution in [0.25, 0.3) is 10.9 Å². The molecule has 0 saturated heterocycles. The van der Waals surface area contributed by atoms with Crippen LogP contribution in [0.3, 0.4) is 0 Å². The van der Waals surface area contributed by atoms with E-state index in [9.17, 15) is 0 Å². The van der Waals surface area contributed by atoms with Gasteiger partial charge in [0.1, 0.15) is 0 Å². The number of halogens is 1. The molecule has 0 bridgehead atoms. The van der Waals surface area contributed by atoms with Crippen LogP contribution in [0.4, 0.5) is 0 Å². The van der Waals surface area contributed by atoms with Gasteiger partial charge >= 0.3 is 0 Å². The average Bonchev–Trinajstić information content (AvgIpc) is 3.02. The molecule has 6 heteroatoms. The van der Waals surface area contributed by atoms with Gasteiger partial charge < -0.3 is 4.98 Å². The number of nitrogens with zero attached hydrogens (tertiary/aromatic N) is 1. The molecule has 4 rings (SSSR count). The number of fused-ring (bicyclic) bond motifs is 3. The molecular weight excluding hydrogens is 383 g/mol. The highest BCUT2D eigenvalue weighted by molar-refractivity contribution is 14.1. The first-order chi connectivity index (χ1) is 9.70. The van der Waals surface area contributed by atoms with Crippen molar-refractivity contribution in [3.05, 3.63) is 33.0 Å². The topological polar surface area (TPSA) is 56.8 Å². The zero-order chi connectivity index (χ0) is 13.7. The molecule has 1 unspecified atom stereocenters. The number of hydrogen-bond acceptors (Lipinski definition) is 2. The maximum atomic E-state index is 5.13. The second-order valence-corrected chi connectivity index (χ2v) is 7.03. The lowest BCUT2D eigenvalue weighted by Crippen LogP contribution is -2.81. The summed E-state index contributed by atoms with van der Waals surface area (Å²) in [4.78, 5) is 3.57. The summed E-state index contributed by atoms with van der Waals surface area (Å²) in [5.41, 5.74) is 5.85. The smallest absolute Gasteiger partial charge is 0.298 e. The van der Waals surface area contributed by atoms with Crippen molar-refractivity contribution in [3.63, 3.8) is 0 Å². The van der Waals surface area contributed by atoms with Gasteiger partial charge in [-0.15, -0.1) is 0 Å². The summed E-state index contributed by atoms with van der Waals surface area (Å²) < 4.78 is 1.28. The van der Waals surface area contributed by atoms with E-state index in [0.717, 1.165) is 30.2 Å². The highest BCUT2D eigenvalue weighted by Crippen LogP contribution is 2.32. The molecule has 1 aromatic heterocycles. The number of hydrogen-bond donors (Lipinski definition) is 3. The van der Waals surface area contributed by atoms with Crippen molar-refractivity contribution < 1.29 is 5.43 Å². The van der Waals surface area contributed by atoms with Crippen molar-refractivity contribution in [1.29, 1.82) is 0 Å². The Morgan fingerprint density at radius 1 is 1.40 bits per heavy atom. The molecular formula is C14H14IN4S+. The summed E-state index contributed by atoms with van der Waals surface area (Å²) in [6, 6.07) is 6.60. The Bertz CT molecular complexity index is 749. The Labute approximate surface area is 135 Å². The maximum Gasteiger partial charge on any atom is 0.298 e. The number of quaternary nitrogens is 1. The lowest BCUT2D eigenvalue weighted by Gasteiger charge is -2.21. The van der Waals surface area contributed by atoms with Crippen LogP contribution in [-0.4, -0.2) is 15.9 Å². The Balaban J connectivity index is 1.73. The van der Waals surface area contributed by atoms with Gasteiger partial charge in [-0.3, -0.25) is 5.32 Å². The Morgan fingerprint density at radius 3 is 3.10 bits per heavy atom. The van der Waals surface area contributed by atoms with Crippen LogP contribution < -0.4 is 10.7 Å². The van der Waals surface area contributed by atoms with E-state index in [1.807, 2.05) is 0 Å². The summed E-state index contributed by atoms with van der Waals surface area (Å²) in [7, 11) is 0. The number of H-pyrrole nitrogens is 1. The minimum atomic E-state index is 0.455. The molecule has 20 heavy (non-hydrogen) atoms. The number of aromatic nitrogens is 1. The Hall–Kier alpha value is -0.990. The molecule has 1 atom stereocenters. The predicted octanol–water partition coefficient (Wildman–Crippen LogP) is 1.64. The minimum Gasteiger partial charge on any atom is -0.358 e. The third-order valence-electron chi connectivity index (χ3n) is 4.11. The first-order valence-electron chi connectivity index (χ1n) is 6.71. The van der Waals surface area contributed by atoms with E-state index in [1.165, 1.54) is 25.7 Å². The summed E-state index contributed by atoms with van der Waals surface area (Å²) in [5, 5.41) is 9.74. The van der Waals surface area contributed by atoms with Gasteiger partial charge in [0.2, 0.25) is 0 Å². The number of nitrogens with two attached hydrogens (primary N) is 1. The molecule has 102 valence electrons. The standard InChI is InChI=1S/C14H13IN4S/c15-8-2-4-12-10(6-8)9-5-7(1-3-11(9)16-12)13-17-14(20)19-18-13/h2,4,6-7,16H,1,3,5H2,(H2,17,18,19,20)/p+1. The van der Waals surface area contributed by atoms with Crippen LogP contribution in [0.1, 0.15) is 17.7 Å². The number of thiocarbonyl (C=S) groups is 1. The second-order valence-electron chi connectivity index (χ2n) is 5.34. The lowest BCUT2D eigenvalue weighted by molar-refractivity contribution is -0.538. The number of amidine groups is 1. The molecule has 2 aromatic rings. The molecule has 0 fully saturated rings. The Kier molecular flexibility index (Phi) is 3.04. The van der Waals surface area contributed by atoms with E-state index >= 15 is 0 Å². The molecule has 1 aromatic carbocycles. The molecule has 1 aliphatic heterocycles. The zero-order valence-corrected chi connectivity index (χ0v) is 13.7. The predicted molar refractivity (Wildman–Crippen MR) is 91.6 cm³/mol. The van der Waals surface area contributed by atoms with E-state index < -0.39 is 0 Å². The molecule has 0 spiro atoms. The van der Waals surface area contributed by atoms with Gasteiger partial charge in [-0.2, -0.15) is 5.43 Å². The van der Waals surface area contributed by atoms with Crippen LogP contribution in [0.15, 0.2) is 23.3 Å². The van der Waals surface area contributed by atoms with Crippen molar-refractivity contribution in [2.24, 2.45) is 11.0 Å². The fraction of sp³-hybridized carbons (Fsp3) is 0.286. The van der Waals surface area contributed by atoms with E-state index in [0.29, 0.717) is 5.92 Å². The molecule has 4 nitrogen and oxygen atoms in total. The van der Waals surface area contributed by atoms with Crippen LogP contribution in [0.2, 0.25) is 0 Å². The van der Waals surface area contributed by atoms with Crippen LogP contribution in [0.5, 0.6) is 0 Å². The third kappa shape index (κ3) is 2.06. The second kappa shape index (κ2) is 4.78. The van der Waals surface area contributed by atoms with Crippen molar-refractivity contribution in [2.45, 2.75) is 19.3 Å². The number of benzene rings is 1. The van der Waals surface area contributed by atoms with Crippen molar-refractivity contribution in [3.8, 4) is 0 Å². The number of aryl methyl sites for hydroxylation is 1. The largest absolute Gasteiger partial charge is 0.358 e. The van der Waals surface area contributed by atoms with Crippen LogP contribution in [0, 0.1) is 9.49 Å². The van der Waals surface area contributed by atoms with Gasteiger partial charge in [-0.25, -0.2) is 0 Å². The average molecular weight is 397 g/mol. The van der Waals surface area contributed by atoms with Gasteiger partial charge in [-0.05, 0) is 65.6 Å². The SMILES string of the molecule is S=C1NC(C2CCc3[nH]c4ccc(I)cc4c3C2)=N[NH2+]1. The van der Waals surface area contributed by atoms with Crippen molar-refractivity contribution >= 4 is 56.7 Å². The van der Waals surface area contributed by atoms with Gasteiger partial charge in [0.15, 0.2) is 5.84 Å². The Morgan fingerprint density at radius 2 is 2.30 bits per heavy atom. The molecule has 1 aliphatic carbocycles. The quantitative estimate of drug-likeness (QED) is 0.390. The summed E-state index contributed by atoms with van der Waals surface area (Å²) in [6.07, 6.45) is 3.25. The fourth-order valence-electron chi connectivity index (χ4n) is 3.15. The highest BCUT2D eigenvalue weighted by Gasteiger charge is 2.30. The fourth-order valence-corrected chi connectivity index (χ4v) is 3.80. The summed E-state index contributed by atoms with van der Waals surface area (Å²) in [5.74, 6) is 1.50. The first-order valence-corrected chi connectivity index (χ1v) is 8.20. The third-order valence-corrected chi connectivity index (χ3v) is 4.99.